The van der Waals surface area contributed by atoms with E-state index in [0.29, 0.717) is 43.2 Å². The summed E-state index contributed by atoms with van der Waals surface area (Å²) in [7, 11) is 0. The number of thioether (sulfide) groups is 1. The van der Waals surface area contributed by atoms with Gasteiger partial charge in [-0.1, -0.05) is 35.9 Å². The quantitative estimate of drug-likeness (QED) is 0.562. The fourth-order valence-electron chi connectivity index (χ4n) is 5.35. The van der Waals surface area contributed by atoms with Gasteiger partial charge in [-0.25, -0.2) is 0 Å². The molecule has 196 valence electrons. The Kier molecular flexibility index (Phi) is 7.25. The molecule has 3 atom stereocenters. The molecule has 0 aromatic heterocycles. The van der Waals surface area contributed by atoms with Crippen LogP contribution in [0.2, 0.25) is 0 Å². The van der Waals surface area contributed by atoms with Crippen LogP contribution in [0.15, 0.2) is 53.4 Å². The number of nitrogens with one attached hydrogen (secondary N) is 1. The minimum atomic E-state index is -4.38. The minimum absolute atomic E-state index is 0.0400. The zero-order chi connectivity index (χ0) is 26.2. The van der Waals surface area contributed by atoms with E-state index in [2.05, 4.69) is 5.32 Å². The number of piperazine rings is 1. The van der Waals surface area contributed by atoms with Crippen molar-refractivity contribution in [3.05, 3.63) is 70.1 Å². The van der Waals surface area contributed by atoms with Crippen molar-refractivity contribution in [1.29, 1.82) is 0 Å². The van der Waals surface area contributed by atoms with E-state index in [4.69, 9.17) is 0 Å². The number of amides is 2. The molecule has 1 N–H and O–H groups in total. The number of carbonyl (C=O) groups is 2. The molecular formula is C28H30F3N3O2S. The van der Waals surface area contributed by atoms with Crippen LogP contribution in [0.4, 0.5) is 18.9 Å². The maximum absolute atomic E-state index is 13.3. The topological polar surface area (TPSA) is 52.7 Å². The molecule has 2 amide bonds. The second kappa shape index (κ2) is 10.4. The number of benzene rings is 2. The smallest absolute Gasteiger partial charge is 0.368 e. The Morgan fingerprint density at radius 2 is 1.78 bits per heavy atom. The van der Waals surface area contributed by atoms with Gasteiger partial charge in [0.25, 0.3) is 5.91 Å². The van der Waals surface area contributed by atoms with Crippen LogP contribution < -0.4 is 10.2 Å². The lowest BCUT2D eigenvalue weighted by Crippen LogP contribution is -2.54. The van der Waals surface area contributed by atoms with Crippen LogP contribution in [0.5, 0.6) is 0 Å². The summed E-state index contributed by atoms with van der Waals surface area (Å²) in [5.74, 6) is -0.151. The summed E-state index contributed by atoms with van der Waals surface area (Å²) < 4.78 is 39.2. The van der Waals surface area contributed by atoms with Gasteiger partial charge in [0.2, 0.25) is 5.91 Å². The molecule has 5 rings (SSSR count). The summed E-state index contributed by atoms with van der Waals surface area (Å²) >= 11 is 1.61. The first-order valence-electron chi connectivity index (χ1n) is 12.6. The SMILES string of the molecule is Cc1ccc(/C=C2/SC3CCC(C(=O)N4CCN(c5cccc(C(F)(F)F)c5)CC4)CC3NC2=O)cc1. The van der Waals surface area contributed by atoms with Crippen molar-refractivity contribution in [1.82, 2.24) is 10.2 Å². The zero-order valence-corrected chi connectivity index (χ0v) is 21.4. The molecule has 3 unspecified atom stereocenters. The van der Waals surface area contributed by atoms with Crippen molar-refractivity contribution < 1.29 is 22.8 Å². The van der Waals surface area contributed by atoms with Gasteiger partial charge in [-0.05, 0) is 56.0 Å². The predicted molar refractivity (Wildman–Crippen MR) is 140 cm³/mol. The third kappa shape index (κ3) is 5.81. The Labute approximate surface area is 219 Å². The van der Waals surface area contributed by atoms with Gasteiger partial charge in [0.05, 0.1) is 10.5 Å². The molecule has 1 aliphatic carbocycles. The number of fused-ring (bicyclic) bond motifs is 1. The molecule has 1 saturated carbocycles. The van der Waals surface area contributed by atoms with Crippen molar-refractivity contribution in [2.75, 3.05) is 31.1 Å². The number of hydrogen-bond donors (Lipinski definition) is 1. The molecule has 0 bridgehead atoms. The van der Waals surface area contributed by atoms with Crippen LogP contribution in [0, 0.1) is 12.8 Å². The molecule has 3 fully saturated rings. The lowest BCUT2D eigenvalue weighted by Gasteiger charge is -2.42. The first kappa shape index (κ1) is 25.7. The molecule has 37 heavy (non-hydrogen) atoms. The monoisotopic (exact) mass is 529 g/mol. The summed E-state index contributed by atoms with van der Waals surface area (Å²) in [6.07, 6.45) is -0.211. The van der Waals surface area contributed by atoms with Crippen LogP contribution in [-0.2, 0) is 15.8 Å². The lowest BCUT2D eigenvalue weighted by atomic mass is 9.84. The van der Waals surface area contributed by atoms with Gasteiger partial charge in [-0.3, -0.25) is 9.59 Å². The van der Waals surface area contributed by atoms with E-state index in [1.54, 1.807) is 17.8 Å². The number of rotatable bonds is 3. The van der Waals surface area contributed by atoms with Gasteiger partial charge in [0.15, 0.2) is 0 Å². The largest absolute Gasteiger partial charge is 0.416 e. The molecule has 2 saturated heterocycles. The highest BCUT2D eigenvalue weighted by atomic mass is 32.2. The van der Waals surface area contributed by atoms with E-state index in [-0.39, 0.29) is 29.0 Å². The van der Waals surface area contributed by atoms with Crippen LogP contribution in [0.3, 0.4) is 0 Å². The summed E-state index contributed by atoms with van der Waals surface area (Å²) in [5.41, 5.74) is 2.03. The van der Waals surface area contributed by atoms with Crippen molar-refractivity contribution in [2.45, 2.75) is 43.7 Å². The third-order valence-corrected chi connectivity index (χ3v) is 8.88. The molecule has 2 heterocycles. The van der Waals surface area contributed by atoms with Crippen LogP contribution in [0.25, 0.3) is 6.08 Å². The number of hydrogen-bond acceptors (Lipinski definition) is 4. The van der Waals surface area contributed by atoms with E-state index < -0.39 is 11.7 Å². The highest BCUT2D eigenvalue weighted by Crippen LogP contribution is 2.40. The molecule has 2 aromatic rings. The third-order valence-electron chi connectivity index (χ3n) is 7.46. The van der Waals surface area contributed by atoms with E-state index in [0.717, 1.165) is 24.5 Å². The Morgan fingerprint density at radius 1 is 1.05 bits per heavy atom. The maximum Gasteiger partial charge on any atom is 0.416 e. The summed E-state index contributed by atoms with van der Waals surface area (Å²) in [5, 5.41) is 3.38. The van der Waals surface area contributed by atoms with E-state index in [9.17, 15) is 22.8 Å². The number of anilines is 1. The molecule has 5 nitrogen and oxygen atoms in total. The van der Waals surface area contributed by atoms with E-state index >= 15 is 0 Å². The van der Waals surface area contributed by atoms with Gasteiger partial charge in [0, 0.05) is 49.1 Å². The van der Waals surface area contributed by atoms with Crippen molar-refractivity contribution >= 4 is 35.3 Å². The van der Waals surface area contributed by atoms with Gasteiger partial charge < -0.3 is 15.1 Å². The summed E-state index contributed by atoms with van der Waals surface area (Å²) in [6.45, 7) is 3.96. The molecule has 2 aliphatic heterocycles. The second-order valence-corrected chi connectivity index (χ2v) is 11.3. The van der Waals surface area contributed by atoms with E-state index in [1.165, 1.54) is 17.7 Å². The first-order chi connectivity index (χ1) is 17.7. The van der Waals surface area contributed by atoms with E-state index in [1.807, 2.05) is 47.1 Å². The van der Waals surface area contributed by atoms with Gasteiger partial charge in [0.1, 0.15) is 0 Å². The Hall–Kier alpha value is -2.94. The highest BCUT2D eigenvalue weighted by Gasteiger charge is 2.41. The van der Waals surface area contributed by atoms with Crippen LogP contribution in [-0.4, -0.2) is 54.2 Å². The fraction of sp³-hybridized carbons (Fsp3) is 0.429. The Balaban J connectivity index is 1.16. The van der Waals surface area contributed by atoms with Crippen molar-refractivity contribution in [3.8, 4) is 0 Å². The average molecular weight is 530 g/mol. The average Bonchev–Trinajstić information content (AvgIpc) is 2.89. The molecule has 9 heteroatoms. The van der Waals surface area contributed by atoms with Gasteiger partial charge >= 0.3 is 6.18 Å². The zero-order valence-electron chi connectivity index (χ0n) is 20.6. The molecule has 0 radical (unpaired) electrons. The number of aryl methyl sites for hydroxylation is 1. The van der Waals surface area contributed by atoms with Crippen LogP contribution >= 0.6 is 11.8 Å². The van der Waals surface area contributed by atoms with Crippen LogP contribution in [0.1, 0.15) is 36.0 Å². The number of nitrogens with zero attached hydrogens (tertiary/aromatic N) is 2. The Bertz CT molecular complexity index is 1190. The van der Waals surface area contributed by atoms with Crippen molar-refractivity contribution in [2.24, 2.45) is 5.92 Å². The maximum atomic E-state index is 13.3. The number of halogens is 3. The summed E-state index contributed by atoms with van der Waals surface area (Å²) in [6, 6.07) is 13.4. The fourth-order valence-corrected chi connectivity index (χ4v) is 6.65. The molecule has 3 aliphatic rings. The van der Waals surface area contributed by atoms with Crippen molar-refractivity contribution in [3.63, 3.8) is 0 Å². The highest BCUT2D eigenvalue weighted by molar-refractivity contribution is 8.04. The predicted octanol–water partition coefficient (Wildman–Crippen LogP) is 5.10. The first-order valence-corrected chi connectivity index (χ1v) is 13.5. The normalized spacial score (nSPS) is 25.6. The number of carbonyl (C=O) groups excluding carboxylic acids is 2. The lowest BCUT2D eigenvalue weighted by molar-refractivity contribution is -0.138. The standard InChI is InChI=1S/C28H30F3N3O2S/c1-18-5-7-19(8-6-18)15-25-26(35)32-23-16-20(9-10-24(23)37-25)27(36)34-13-11-33(12-14-34)22-4-2-3-21(17-22)28(29,30)31/h2-8,15,17,20,23-24H,9-14,16H2,1H3,(H,32,35)/b25-15+. The second-order valence-electron chi connectivity index (χ2n) is 10.0. The van der Waals surface area contributed by atoms with Gasteiger partial charge in [-0.15, -0.1) is 11.8 Å². The molecule has 0 spiro atoms. The minimum Gasteiger partial charge on any atom is -0.368 e. The Morgan fingerprint density at radius 3 is 2.49 bits per heavy atom. The molecular weight excluding hydrogens is 499 g/mol. The number of alkyl halides is 3. The molecule has 2 aromatic carbocycles. The van der Waals surface area contributed by atoms with Gasteiger partial charge in [-0.2, -0.15) is 13.2 Å². The summed E-state index contributed by atoms with van der Waals surface area (Å²) in [4.78, 5) is 30.5.